The molecule has 0 aliphatic heterocycles. The highest BCUT2D eigenvalue weighted by Crippen LogP contribution is 2.13. The van der Waals surface area contributed by atoms with E-state index in [1.165, 1.54) is 0 Å². The summed E-state index contributed by atoms with van der Waals surface area (Å²) in [7, 11) is 0. The van der Waals surface area contributed by atoms with E-state index in [0.29, 0.717) is 6.54 Å². The summed E-state index contributed by atoms with van der Waals surface area (Å²) in [6.07, 6.45) is -0.420. The summed E-state index contributed by atoms with van der Waals surface area (Å²) in [6.45, 7) is 7.85. The maximum atomic E-state index is 11.4. The standard InChI is InChI=1S/C13H20N2O2/c1-9-5-6-10(7-11(9)14)8-15-12(16)17-13(2,3)4/h5-7H,8,14H2,1-4H3,(H,15,16). The summed E-state index contributed by atoms with van der Waals surface area (Å²) in [5, 5.41) is 2.69. The minimum Gasteiger partial charge on any atom is -0.444 e. The molecule has 1 rings (SSSR count). The monoisotopic (exact) mass is 236 g/mol. The van der Waals surface area contributed by atoms with Crippen LogP contribution in [-0.4, -0.2) is 11.7 Å². The Morgan fingerprint density at radius 1 is 1.41 bits per heavy atom. The Balaban J connectivity index is 2.50. The summed E-state index contributed by atoms with van der Waals surface area (Å²) in [5.41, 5.74) is 8.03. The van der Waals surface area contributed by atoms with Crippen molar-refractivity contribution in [2.45, 2.75) is 39.8 Å². The van der Waals surface area contributed by atoms with Crippen molar-refractivity contribution in [3.05, 3.63) is 29.3 Å². The highest BCUT2D eigenvalue weighted by Gasteiger charge is 2.15. The van der Waals surface area contributed by atoms with Gasteiger partial charge in [0.15, 0.2) is 0 Å². The van der Waals surface area contributed by atoms with Crippen LogP contribution in [0.1, 0.15) is 31.9 Å². The molecule has 0 aliphatic carbocycles. The molecular weight excluding hydrogens is 216 g/mol. The Hall–Kier alpha value is -1.71. The number of hydrogen-bond acceptors (Lipinski definition) is 3. The molecule has 4 nitrogen and oxygen atoms in total. The van der Waals surface area contributed by atoms with Crippen LogP contribution in [-0.2, 0) is 11.3 Å². The van der Waals surface area contributed by atoms with Crippen molar-refractivity contribution in [2.75, 3.05) is 5.73 Å². The van der Waals surface area contributed by atoms with Crippen LogP contribution in [0.25, 0.3) is 0 Å². The Labute approximate surface area is 102 Å². The van der Waals surface area contributed by atoms with E-state index in [-0.39, 0.29) is 0 Å². The van der Waals surface area contributed by atoms with E-state index in [1.807, 2.05) is 45.9 Å². The summed E-state index contributed by atoms with van der Waals surface area (Å²) >= 11 is 0. The van der Waals surface area contributed by atoms with E-state index in [1.54, 1.807) is 0 Å². The molecule has 94 valence electrons. The van der Waals surface area contributed by atoms with Crippen LogP contribution in [0, 0.1) is 6.92 Å². The van der Waals surface area contributed by atoms with Crippen LogP contribution in [0.3, 0.4) is 0 Å². The van der Waals surface area contributed by atoms with Crippen molar-refractivity contribution in [2.24, 2.45) is 0 Å². The Morgan fingerprint density at radius 3 is 2.59 bits per heavy atom. The summed E-state index contributed by atoms with van der Waals surface area (Å²) in [5.74, 6) is 0. The minimum absolute atomic E-state index is 0.416. The zero-order valence-corrected chi connectivity index (χ0v) is 10.8. The lowest BCUT2D eigenvalue weighted by molar-refractivity contribution is 0.0523. The molecule has 3 N–H and O–H groups in total. The Bertz CT molecular complexity index is 408. The molecule has 0 aliphatic rings. The third-order valence-corrected chi connectivity index (χ3v) is 2.18. The zero-order chi connectivity index (χ0) is 13.1. The lowest BCUT2D eigenvalue weighted by Crippen LogP contribution is -2.32. The lowest BCUT2D eigenvalue weighted by atomic mass is 10.1. The van der Waals surface area contributed by atoms with Crippen LogP contribution < -0.4 is 11.1 Å². The van der Waals surface area contributed by atoms with Gasteiger partial charge < -0.3 is 15.8 Å². The van der Waals surface area contributed by atoms with E-state index in [2.05, 4.69) is 5.32 Å². The first-order valence-electron chi connectivity index (χ1n) is 5.60. The average Bonchev–Trinajstić information content (AvgIpc) is 2.17. The number of benzene rings is 1. The second kappa shape index (κ2) is 5.08. The van der Waals surface area contributed by atoms with Crippen LogP contribution in [0.15, 0.2) is 18.2 Å². The molecule has 17 heavy (non-hydrogen) atoms. The Morgan fingerprint density at radius 2 is 2.06 bits per heavy atom. The number of carbonyl (C=O) groups excluding carboxylic acids is 1. The number of carbonyl (C=O) groups is 1. The zero-order valence-electron chi connectivity index (χ0n) is 10.8. The van der Waals surface area contributed by atoms with Crippen molar-refractivity contribution in [1.29, 1.82) is 0 Å². The van der Waals surface area contributed by atoms with Gasteiger partial charge in [-0.3, -0.25) is 0 Å². The number of nitrogen functional groups attached to an aromatic ring is 1. The number of amides is 1. The molecule has 1 amide bonds. The van der Waals surface area contributed by atoms with Crippen molar-refractivity contribution in [3.8, 4) is 0 Å². The number of ether oxygens (including phenoxy) is 1. The molecule has 4 heteroatoms. The second-order valence-corrected chi connectivity index (χ2v) is 5.05. The molecule has 0 spiro atoms. The van der Waals surface area contributed by atoms with Gasteiger partial charge in [0, 0.05) is 12.2 Å². The van der Waals surface area contributed by atoms with Gasteiger partial charge in [0.1, 0.15) is 5.60 Å². The number of nitrogens with one attached hydrogen (secondary N) is 1. The average molecular weight is 236 g/mol. The second-order valence-electron chi connectivity index (χ2n) is 5.05. The van der Waals surface area contributed by atoms with Crippen molar-refractivity contribution < 1.29 is 9.53 Å². The fourth-order valence-corrected chi connectivity index (χ4v) is 1.29. The van der Waals surface area contributed by atoms with Gasteiger partial charge in [-0.25, -0.2) is 4.79 Å². The molecule has 0 unspecified atom stereocenters. The van der Waals surface area contributed by atoms with Crippen LogP contribution >= 0.6 is 0 Å². The maximum Gasteiger partial charge on any atom is 0.407 e. The van der Waals surface area contributed by atoms with Gasteiger partial charge in [0.05, 0.1) is 0 Å². The molecule has 0 heterocycles. The number of rotatable bonds is 2. The number of anilines is 1. The van der Waals surface area contributed by atoms with E-state index in [4.69, 9.17) is 10.5 Å². The number of aryl methyl sites for hydroxylation is 1. The smallest absolute Gasteiger partial charge is 0.407 e. The van der Waals surface area contributed by atoms with Gasteiger partial charge in [-0.05, 0) is 44.9 Å². The highest BCUT2D eigenvalue weighted by molar-refractivity contribution is 5.67. The molecule has 0 saturated carbocycles. The predicted octanol–water partition coefficient (Wildman–Crippen LogP) is 2.60. The predicted molar refractivity (Wildman–Crippen MR) is 68.7 cm³/mol. The molecule has 0 fully saturated rings. The van der Waals surface area contributed by atoms with E-state index >= 15 is 0 Å². The molecule has 0 saturated heterocycles. The normalized spacial score (nSPS) is 11.1. The first kappa shape index (κ1) is 13.4. The SMILES string of the molecule is Cc1ccc(CNC(=O)OC(C)(C)C)cc1N. The third kappa shape index (κ3) is 4.76. The largest absolute Gasteiger partial charge is 0.444 e. The third-order valence-electron chi connectivity index (χ3n) is 2.18. The van der Waals surface area contributed by atoms with Crippen LogP contribution in [0.4, 0.5) is 10.5 Å². The molecule has 0 bridgehead atoms. The number of nitrogens with two attached hydrogens (primary N) is 1. The first-order valence-corrected chi connectivity index (χ1v) is 5.60. The van der Waals surface area contributed by atoms with E-state index in [9.17, 15) is 4.79 Å². The van der Waals surface area contributed by atoms with Crippen LogP contribution in [0.2, 0.25) is 0 Å². The summed E-state index contributed by atoms with van der Waals surface area (Å²) in [4.78, 5) is 11.4. The maximum absolute atomic E-state index is 11.4. The topological polar surface area (TPSA) is 64.3 Å². The molecular formula is C13H20N2O2. The van der Waals surface area contributed by atoms with Gasteiger partial charge >= 0.3 is 6.09 Å². The van der Waals surface area contributed by atoms with E-state index < -0.39 is 11.7 Å². The highest BCUT2D eigenvalue weighted by atomic mass is 16.6. The minimum atomic E-state index is -0.476. The number of hydrogen-bond donors (Lipinski definition) is 2. The van der Waals surface area contributed by atoms with E-state index in [0.717, 1.165) is 16.8 Å². The Kier molecular flexibility index (Phi) is 3.99. The van der Waals surface area contributed by atoms with Gasteiger partial charge in [-0.1, -0.05) is 12.1 Å². The van der Waals surface area contributed by atoms with Gasteiger partial charge in [-0.15, -0.1) is 0 Å². The van der Waals surface area contributed by atoms with Crippen molar-refractivity contribution in [3.63, 3.8) is 0 Å². The van der Waals surface area contributed by atoms with Crippen molar-refractivity contribution >= 4 is 11.8 Å². The first-order chi connectivity index (χ1) is 7.78. The quantitative estimate of drug-likeness (QED) is 0.776. The summed E-state index contributed by atoms with van der Waals surface area (Å²) in [6, 6.07) is 5.72. The van der Waals surface area contributed by atoms with Gasteiger partial charge in [0.2, 0.25) is 0 Å². The van der Waals surface area contributed by atoms with Gasteiger partial charge in [0.25, 0.3) is 0 Å². The fraction of sp³-hybridized carbons (Fsp3) is 0.462. The molecule has 0 radical (unpaired) electrons. The molecule has 0 aromatic heterocycles. The summed E-state index contributed by atoms with van der Waals surface area (Å²) < 4.78 is 5.13. The molecule has 1 aromatic carbocycles. The van der Waals surface area contributed by atoms with Gasteiger partial charge in [-0.2, -0.15) is 0 Å². The molecule has 1 aromatic rings. The van der Waals surface area contributed by atoms with Crippen molar-refractivity contribution in [1.82, 2.24) is 5.32 Å². The van der Waals surface area contributed by atoms with Crippen LogP contribution in [0.5, 0.6) is 0 Å². The molecule has 0 atom stereocenters. The lowest BCUT2D eigenvalue weighted by Gasteiger charge is -2.19. The fourth-order valence-electron chi connectivity index (χ4n) is 1.29. The number of alkyl carbamates (subject to hydrolysis) is 1.